The number of benzene rings is 2. The molecule has 1 aliphatic heterocycles. The van der Waals surface area contributed by atoms with Gasteiger partial charge in [-0.2, -0.15) is 12.3 Å². The highest BCUT2D eigenvalue weighted by atomic mass is 32.2. The molecule has 1 aromatic heterocycles. The van der Waals surface area contributed by atoms with Crippen molar-refractivity contribution in [2.75, 3.05) is 26.8 Å². The van der Waals surface area contributed by atoms with Gasteiger partial charge in [-0.25, -0.2) is 0 Å². The SMILES string of the molecule is CCOc1ccc([N+]2(S(=O)(=O)c3ccc(OC)c4ncccc34)CCCCC2)cc1. The average molecular weight is 428 g/mol. The van der Waals surface area contributed by atoms with E-state index < -0.39 is 10.0 Å². The molecule has 0 bridgehead atoms. The Bertz CT molecular complexity index is 1140. The first-order valence-corrected chi connectivity index (χ1v) is 11.7. The zero-order chi connectivity index (χ0) is 21.2. The molecule has 2 aromatic carbocycles. The van der Waals surface area contributed by atoms with Crippen molar-refractivity contribution in [1.82, 2.24) is 8.87 Å². The molecule has 0 amide bonds. The van der Waals surface area contributed by atoms with Crippen LogP contribution in [0.15, 0.2) is 59.6 Å². The highest BCUT2D eigenvalue weighted by Gasteiger charge is 2.47. The fourth-order valence-corrected chi connectivity index (χ4v) is 6.54. The third kappa shape index (κ3) is 3.32. The van der Waals surface area contributed by atoms with E-state index in [1.54, 1.807) is 37.6 Å². The van der Waals surface area contributed by atoms with Crippen LogP contribution in [0.4, 0.5) is 5.69 Å². The van der Waals surface area contributed by atoms with Gasteiger partial charge >= 0.3 is 10.0 Å². The summed E-state index contributed by atoms with van der Waals surface area (Å²) < 4.78 is 39.3. The first-order chi connectivity index (χ1) is 14.5. The second-order valence-electron chi connectivity index (χ2n) is 7.46. The van der Waals surface area contributed by atoms with Gasteiger partial charge in [0.25, 0.3) is 0 Å². The number of fused-ring (bicyclic) bond motifs is 1. The summed E-state index contributed by atoms with van der Waals surface area (Å²) in [4.78, 5) is 4.68. The van der Waals surface area contributed by atoms with Crippen LogP contribution in [-0.2, 0) is 10.0 Å². The number of hydrogen-bond donors (Lipinski definition) is 0. The van der Waals surface area contributed by atoms with Gasteiger partial charge < -0.3 is 9.47 Å². The Balaban J connectivity index is 1.91. The van der Waals surface area contributed by atoms with E-state index in [0.29, 0.717) is 41.2 Å². The molecule has 0 radical (unpaired) electrons. The summed E-state index contributed by atoms with van der Waals surface area (Å²) in [6.45, 7) is 3.59. The third-order valence-electron chi connectivity index (χ3n) is 5.81. The Morgan fingerprint density at radius 1 is 1.00 bits per heavy atom. The van der Waals surface area contributed by atoms with Crippen LogP contribution in [0, 0.1) is 0 Å². The molecule has 0 atom stereocenters. The van der Waals surface area contributed by atoms with Gasteiger partial charge in [0, 0.05) is 23.7 Å². The van der Waals surface area contributed by atoms with Crippen LogP contribution in [0.3, 0.4) is 0 Å². The van der Waals surface area contributed by atoms with E-state index in [0.717, 1.165) is 30.7 Å². The molecule has 6 nitrogen and oxygen atoms in total. The maximum absolute atomic E-state index is 14.2. The molecule has 0 N–H and O–H groups in total. The fraction of sp³-hybridized carbons (Fsp3) is 0.348. The second kappa shape index (κ2) is 8.24. The number of ether oxygens (including phenoxy) is 2. The first-order valence-electron chi connectivity index (χ1n) is 10.3. The minimum atomic E-state index is -3.75. The van der Waals surface area contributed by atoms with Crippen molar-refractivity contribution < 1.29 is 17.9 Å². The standard InChI is InChI=1S/C23H27N2O4S/c1-3-29-19-11-9-18(10-12-19)25(16-5-4-6-17-25)30(26,27)22-14-13-21(28-2)23-20(22)8-7-15-24-23/h7-15H,3-6,16-17H2,1-2H3/q+1. The van der Waals surface area contributed by atoms with E-state index in [1.807, 2.05) is 31.2 Å². The molecule has 0 unspecified atom stereocenters. The second-order valence-corrected chi connectivity index (χ2v) is 9.55. The first kappa shape index (κ1) is 20.6. The van der Waals surface area contributed by atoms with Crippen LogP contribution in [0.5, 0.6) is 11.5 Å². The van der Waals surface area contributed by atoms with E-state index in [9.17, 15) is 8.42 Å². The van der Waals surface area contributed by atoms with Crippen LogP contribution in [0.25, 0.3) is 10.9 Å². The fourth-order valence-electron chi connectivity index (χ4n) is 4.34. The molecule has 3 aromatic rings. The molecule has 2 heterocycles. The van der Waals surface area contributed by atoms with Crippen molar-refractivity contribution in [3.63, 3.8) is 0 Å². The van der Waals surface area contributed by atoms with Gasteiger partial charge in [0.15, 0.2) is 0 Å². The Labute approximate surface area is 177 Å². The largest absolute Gasteiger partial charge is 0.494 e. The van der Waals surface area contributed by atoms with Gasteiger partial charge in [-0.1, -0.05) is 0 Å². The van der Waals surface area contributed by atoms with Gasteiger partial charge in [-0.05, 0) is 62.6 Å². The maximum Gasteiger partial charge on any atom is 0.332 e. The summed E-state index contributed by atoms with van der Waals surface area (Å²) in [5.41, 5.74) is 1.33. The minimum Gasteiger partial charge on any atom is -0.494 e. The molecule has 0 saturated carbocycles. The van der Waals surface area contributed by atoms with Gasteiger partial charge in [0.1, 0.15) is 27.6 Å². The number of methoxy groups -OCH3 is 1. The van der Waals surface area contributed by atoms with E-state index in [1.165, 1.54) is 0 Å². The molecule has 158 valence electrons. The normalized spacial score (nSPS) is 16.3. The zero-order valence-electron chi connectivity index (χ0n) is 17.4. The summed E-state index contributed by atoms with van der Waals surface area (Å²) in [6.07, 6.45) is 4.41. The van der Waals surface area contributed by atoms with Crippen molar-refractivity contribution in [2.45, 2.75) is 31.1 Å². The smallest absolute Gasteiger partial charge is 0.332 e. The quantitative estimate of drug-likeness (QED) is 0.541. The van der Waals surface area contributed by atoms with Crippen LogP contribution >= 0.6 is 0 Å². The Morgan fingerprint density at radius 2 is 1.73 bits per heavy atom. The van der Waals surface area contributed by atoms with Crippen LogP contribution < -0.4 is 13.4 Å². The average Bonchev–Trinajstić information content (AvgIpc) is 2.79. The van der Waals surface area contributed by atoms with E-state index in [2.05, 4.69) is 4.98 Å². The predicted octanol–water partition coefficient (Wildman–Crippen LogP) is 4.52. The van der Waals surface area contributed by atoms with Gasteiger partial charge in [-0.3, -0.25) is 4.98 Å². The van der Waals surface area contributed by atoms with Crippen LogP contribution in [0.2, 0.25) is 0 Å². The summed E-state index contributed by atoms with van der Waals surface area (Å²) >= 11 is 0. The highest BCUT2D eigenvalue weighted by Crippen LogP contribution is 2.40. The lowest BCUT2D eigenvalue weighted by atomic mass is 10.1. The Morgan fingerprint density at radius 3 is 2.40 bits per heavy atom. The summed E-state index contributed by atoms with van der Waals surface area (Å²) in [6, 6.07) is 14.4. The molecule has 1 fully saturated rings. The van der Waals surface area contributed by atoms with Crippen molar-refractivity contribution in [3.8, 4) is 11.5 Å². The van der Waals surface area contributed by atoms with Crippen molar-refractivity contribution in [3.05, 3.63) is 54.7 Å². The van der Waals surface area contributed by atoms with Gasteiger partial charge in [0.2, 0.25) is 0 Å². The zero-order valence-corrected chi connectivity index (χ0v) is 18.2. The van der Waals surface area contributed by atoms with E-state index in [-0.39, 0.29) is 3.89 Å². The molecule has 1 saturated heterocycles. The van der Waals surface area contributed by atoms with E-state index in [4.69, 9.17) is 9.47 Å². The van der Waals surface area contributed by atoms with E-state index >= 15 is 0 Å². The molecular weight excluding hydrogens is 400 g/mol. The number of quaternary nitrogens is 1. The molecular formula is C23H27N2O4S+. The molecule has 7 heteroatoms. The van der Waals surface area contributed by atoms with Crippen molar-refractivity contribution in [2.24, 2.45) is 0 Å². The topological polar surface area (TPSA) is 65.5 Å². The number of hydrogen-bond acceptors (Lipinski definition) is 5. The highest BCUT2D eigenvalue weighted by molar-refractivity contribution is 7.91. The molecule has 1 aliphatic rings. The monoisotopic (exact) mass is 427 g/mol. The Hall–Kier alpha value is -2.64. The molecule has 0 aliphatic carbocycles. The molecule has 4 rings (SSSR count). The number of nitrogens with zero attached hydrogens (tertiary/aromatic N) is 2. The van der Waals surface area contributed by atoms with Crippen molar-refractivity contribution >= 4 is 26.6 Å². The number of piperidine rings is 1. The molecule has 0 spiro atoms. The summed E-state index contributed by atoms with van der Waals surface area (Å²) in [5, 5.41) is 0.589. The van der Waals surface area contributed by atoms with Crippen LogP contribution in [-0.4, -0.2) is 40.2 Å². The third-order valence-corrected chi connectivity index (χ3v) is 8.22. The number of sulfonamides is 1. The predicted molar refractivity (Wildman–Crippen MR) is 118 cm³/mol. The van der Waals surface area contributed by atoms with Gasteiger partial charge in [0.05, 0.1) is 26.8 Å². The van der Waals surface area contributed by atoms with Gasteiger partial charge in [-0.15, -0.1) is 0 Å². The lowest BCUT2D eigenvalue weighted by Gasteiger charge is -2.39. The molecule has 30 heavy (non-hydrogen) atoms. The maximum atomic E-state index is 14.2. The number of rotatable bonds is 6. The number of pyridine rings is 1. The lowest BCUT2D eigenvalue weighted by Crippen LogP contribution is -2.56. The lowest BCUT2D eigenvalue weighted by molar-refractivity contribution is 0.335. The summed E-state index contributed by atoms with van der Waals surface area (Å²) in [5.74, 6) is 1.31. The van der Waals surface area contributed by atoms with Crippen molar-refractivity contribution in [1.29, 1.82) is 0 Å². The Kier molecular flexibility index (Phi) is 5.66. The van der Waals surface area contributed by atoms with Crippen LogP contribution in [0.1, 0.15) is 26.2 Å². The minimum absolute atomic E-state index is 0.0876. The number of aromatic nitrogens is 1. The summed E-state index contributed by atoms with van der Waals surface area (Å²) in [7, 11) is -2.19.